The van der Waals surface area contributed by atoms with Crippen molar-refractivity contribution < 1.29 is 14.0 Å². The van der Waals surface area contributed by atoms with Crippen LogP contribution >= 0.6 is 0 Å². The van der Waals surface area contributed by atoms with Crippen LogP contribution in [0.1, 0.15) is 48.6 Å². The average Bonchev–Trinajstić information content (AvgIpc) is 3.52. The molecule has 2 saturated heterocycles. The zero-order valence-electron chi connectivity index (χ0n) is 17.3. The first-order chi connectivity index (χ1) is 14.7. The molecule has 7 heteroatoms. The summed E-state index contributed by atoms with van der Waals surface area (Å²) in [6.07, 6.45) is 5.64. The van der Waals surface area contributed by atoms with Crippen molar-refractivity contribution >= 4 is 11.9 Å². The van der Waals surface area contributed by atoms with E-state index in [1.165, 1.54) is 12.8 Å². The molecule has 0 spiro atoms. The van der Waals surface area contributed by atoms with Crippen molar-refractivity contribution in [3.05, 3.63) is 59.5 Å². The molecule has 0 aliphatic carbocycles. The van der Waals surface area contributed by atoms with Gasteiger partial charge in [-0.2, -0.15) is 0 Å². The highest BCUT2D eigenvalue weighted by molar-refractivity contribution is 5.78. The smallest absolute Gasteiger partial charge is 0.315 e. The van der Waals surface area contributed by atoms with Gasteiger partial charge in [0.25, 0.3) is 0 Å². The van der Waals surface area contributed by atoms with Gasteiger partial charge in [-0.3, -0.25) is 9.69 Å². The molecular formula is C23H30N4O3. The van der Waals surface area contributed by atoms with Crippen LogP contribution in [0.3, 0.4) is 0 Å². The van der Waals surface area contributed by atoms with Crippen molar-refractivity contribution in [2.75, 3.05) is 26.2 Å². The molecule has 1 aromatic carbocycles. The van der Waals surface area contributed by atoms with Crippen LogP contribution in [0.4, 0.5) is 4.79 Å². The first-order valence-corrected chi connectivity index (χ1v) is 10.8. The van der Waals surface area contributed by atoms with Crippen LogP contribution in [0, 0.1) is 0 Å². The fourth-order valence-corrected chi connectivity index (χ4v) is 4.31. The maximum absolute atomic E-state index is 12.4. The number of hydrogen-bond donors (Lipinski definition) is 2. The molecule has 2 aromatic rings. The summed E-state index contributed by atoms with van der Waals surface area (Å²) >= 11 is 0. The van der Waals surface area contributed by atoms with Gasteiger partial charge in [0.1, 0.15) is 5.76 Å². The predicted octanol–water partition coefficient (Wildman–Crippen LogP) is 3.04. The maximum atomic E-state index is 12.4. The third-order valence-corrected chi connectivity index (χ3v) is 5.90. The third kappa shape index (κ3) is 5.21. The highest BCUT2D eigenvalue weighted by atomic mass is 16.3. The van der Waals surface area contributed by atoms with Crippen molar-refractivity contribution in [3.63, 3.8) is 0 Å². The van der Waals surface area contributed by atoms with Gasteiger partial charge in [-0.15, -0.1) is 0 Å². The van der Waals surface area contributed by atoms with Gasteiger partial charge in [0.05, 0.1) is 12.3 Å². The number of furan rings is 1. The Balaban J connectivity index is 1.27. The molecule has 1 unspecified atom stereocenters. The molecule has 1 atom stereocenters. The molecule has 30 heavy (non-hydrogen) atoms. The second-order valence-corrected chi connectivity index (χ2v) is 8.08. The van der Waals surface area contributed by atoms with Crippen molar-refractivity contribution in [3.8, 4) is 0 Å². The Morgan fingerprint density at radius 1 is 1.03 bits per heavy atom. The number of carbonyl (C=O) groups is 2. The third-order valence-electron chi connectivity index (χ3n) is 5.90. The lowest BCUT2D eigenvalue weighted by Crippen LogP contribution is -2.41. The predicted molar refractivity (Wildman–Crippen MR) is 114 cm³/mol. The number of carbonyl (C=O) groups excluding carboxylic acids is 2. The number of hydrogen-bond acceptors (Lipinski definition) is 4. The number of amides is 3. The summed E-state index contributed by atoms with van der Waals surface area (Å²) in [5, 5.41) is 5.93. The lowest BCUT2D eigenvalue weighted by molar-refractivity contribution is -0.128. The van der Waals surface area contributed by atoms with E-state index < -0.39 is 0 Å². The molecule has 3 heterocycles. The van der Waals surface area contributed by atoms with E-state index in [0.717, 1.165) is 42.9 Å². The Hall–Kier alpha value is -2.80. The van der Waals surface area contributed by atoms with E-state index in [1.807, 2.05) is 35.2 Å². The topological polar surface area (TPSA) is 77.8 Å². The van der Waals surface area contributed by atoms with Crippen LogP contribution in [0.15, 0.2) is 47.1 Å². The molecule has 2 aliphatic heterocycles. The summed E-state index contributed by atoms with van der Waals surface area (Å²) in [5.74, 6) is 1.11. The van der Waals surface area contributed by atoms with Crippen LogP contribution in [-0.2, 0) is 17.9 Å². The minimum absolute atomic E-state index is 0.0644. The van der Waals surface area contributed by atoms with E-state index in [-0.39, 0.29) is 18.0 Å². The number of likely N-dealkylation sites (tertiary alicyclic amines) is 2. The highest BCUT2D eigenvalue weighted by Crippen LogP contribution is 2.24. The Kier molecular flexibility index (Phi) is 6.69. The number of nitrogens with zero attached hydrogens (tertiary/aromatic N) is 2. The molecular weight excluding hydrogens is 380 g/mol. The summed E-state index contributed by atoms with van der Waals surface area (Å²) in [7, 11) is 0. The van der Waals surface area contributed by atoms with Crippen molar-refractivity contribution in [2.24, 2.45) is 0 Å². The van der Waals surface area contributed by atoms with E-state index >= 15 is 0 Å². The van der Waals surface area contributed by atoms with Crippen molar-refractivity contribution in [1.29, 1.82) is 0 Å². The Morgan fingerprint density at radius 3 is 2.60 bits per heavy atom. The molecule has 4 rings (SSSR count). The first kappa shape index (κ1) is 20.5. The van der Waals surface area contributed by atoms with Gasteiger partial charge >= 0.3 is 6.03 Å². The minimum Gasteiger partial charge on any atom is -0.468 e. The fraction of sp³-hybridized carbons (Fsp3) is 0.478. The fourth-order valence-electron chi connectivity index (χ4n) is 4.31. The Labute approximate surface area is 177 Å². The minimum atomic E-state index is -0.189. The molecule has 160 valence electrons. The molecule has 7 nitrogen and oxygen atoms in total. The van der Waals surface area contributed by atoms with Crippen molar-refractivity contribution in [1.82, 2.24) is 20.4 Å². The van der Waals surface area contributed by atoms with E-state index in [2.05, 4.69) is 21.6 Å². The summed E-state index contributed by atoms with van der Waals surface area (Å²) in [4.78, 5) is 28.5. The van der Waals surface area contributed by atoms with Gasteiger partial charge in [0.15, 0.2) is 0 Å². The van der Waals surface area contributed by atoms with Gasteiger partial charge in [-0.05, 0) is 55.6 Å². The number of nitrogens with one attached hydrogen (secondary N) is 2. The molecule has 2 fully saturated rings. The van der Waals surface area contributed by atoms with E-state index in [1.54, 1.807) is 6.26 Å². The van der Waals surface area contributed by atoms with E-state index in [9.17, 15) is 9.59 Å². The summed E-state index contributed by atoms with van der Waals surface area (Å²) in [6.45, 7) is 4.48. The van der Waals surface area contributed by atoms with Gasteiger partial charge in [0.2, 0.25) is 5.91 Å². The second-order valence-electron chi connectivity index (χ2n) is 8.08. The summed E-state index contributed by atoms with van der Waals surface area (Å²) in [6, 6.07) is 11.8. The molecule has 0 radical (unpaired) electrons. The van der Waals surface area contributed by atoms with Crippen LogP contribution in [0.5, 0.6) is 0 Å². The molecule has 3 amide bonds. The van der Waals surface area contributed by atoms with Crippen LogP contribution < -0.4 is 10.6 Å². The van der Waals surface area contributed by atoms with Gasteiger partial charge in [0, 0.05) is 32.6 Å². The lowest BCUT2D eigenvalue weighted by Gasteiger charge is -2.26. The van der Waals surface area contributed by atoms with E-state index in [0.29, 0.717) is 26.1 Å². The summed E-state index contributed by atoms with van der Waals surface area (Å²) in [5.41, 5.74) is 2.12. The molecule has 1 aromatic heterocycles. The molecule has 2 N–H and O–H groups in total. The van der Waals surface area contributed by atoms with Crippen LogP contribution in [0.25, 0.3) is 0 Å². The molecule has 2 aliphatic rings. The lowest BCUT2D eigenvalue weighted by atomic mass is 10.1. The molecule has 0 saturated carbocycles. The average molecular weight is 411 g/mol. The number of benzene rings is 1. The molecule has 0 bridgehead atoms. The second kappa shape index (κ2) is 9.80. The van der Waals surface area contributed by atoms with Crippen LogP contribution in [-0.4, -0.2) is 47.9 Å². The first-order valence-electron chi connectivity index (χ1n) is 10.8. The largest absolute Gasteiger partial charge is 0.468 e. The zero-order valence-corrected chi connectivity index (χ0v) is 17.3. The van der Waals surface area contributed by atoms with E-state index in [4.69, 9.17) is 4.42 Å². The van der Waals surface area contributed by atoms with Crippen LogP contribution in [0.2, 0.25) is 0 Å². The van der Waals surface area contributed by atoms with Crippen molar-refractivity contribution in [2.45, 2.75) is 44.8 Å². The Bertz CT molecular complexity index is 846. The van der Waals surface area contributed by atoms with Gasteiger partial charge < -0.3 is 20.0 Å². The maximum Gasteiger partial charge on any atom is 0.315 e. The summed E-state index contributed by atoms with van der Waals surface area (Å²) < 4.78 is 5.60. The van der Waals surface area contributed by atoms with Gasteiger partial charge in [-0.25, -0.2) is 4.79 Å². The quantitative estimate of drug-likeness (QED) is 0.701. The zero-order chi connectivity index (χ0) is 20.8. The van der Waals surface area contributed by atoms with Gasteiger partial charge in [-0.1, -0.05) is 24.3 Å². The number of rotatable bonds is 8. The monoisotopic (exact) mass is 410 g/mol. The Morgan fingerprint density at radius 2 is 1.87 bits per heavy atom. The standard InChI is InChI=1S/C23H30N4O3/c28-22-9-4-12-27(22)17-19-7-3-6-18(14-19)15-24-23(29)25-16-20(21-8-5-13-30-21)26-10-1-2-11-26/h3,5-8,13-14,20H,1-2,4,9-12,15-17H2,(H2,24,25,29). The number of urea groups is 1. The SMILES string of the molecule is O=C(NCc1cccc(CN2CCCC2=O)c1)NCC(c1ccco1)N1CCCC1. The normalized spacial score (nSPS) is 18.0. The highest BCUT2D eigenvalue weighted by Gasteiger charge is 2.26.